The second kappa shape index (κ2) is 5.77. The van der Waals surface area contributed by atoms with Crippen molar-refractivity contribution in [1.29, 1.82) is 0 Å². The van der Waals surface area contributed by atoms with E-state index in [1.807, 2.05) is 6.92 Å². The molecule has 2 amide bonds. The number of aliphatic carboxylic acids is 1. The zero-order chi connectivity index (χ0) is 14.8. The van der Waals surface area contributed by atoms with Crippen molar-refractivity contribution in [3.63, 3.8) is 0 Å². The highest BCUT2D eigenvalue weighted by Crippen LogP contribution is 2.21. The molecular formula is C13H24N2O4. The predicted molar refractivity (Wildman–Crippen MR) is 70.9 cm³/mol. The Balaban J connectivity index is 2.80. The third kappa shape index (κ3) is 4.09. The van der Waals surface area contributed by atoms with Crippen LogP contribution in [0, 0.1) is 5.92 Å². The standard InChI is InChI=1S/C13H24N2O4/c1-9-5-6-14(7-10(9)16)12(19)15(8-11(17)18)13(2,3)4/h9-10,16H,5-8H2,1-4H3,(H,17,18). The summed E-state index contributed by atoms with van der Waals surface area (Å²) in [4.78, 5) is 26.2. The Kier molecular flexibility index (Phi) is 4.79. The van der Waals surface area contributed by atoms with Gasteiger partial charge in [0.05, 0.1) is 6.10 Å². The Bertz CT molecular complexity index is 351. The maximum atomic E-state index is 12.4. The largest absolute Gasteiger partial charge is 0.480 e. The Hall–Kier alpha value is -1.30. The van der Waals surface area contributed by atoms with Crippen LogP contribution in [-0.4, -0.2) is 63.3 Å². The van der Waals surface area contributed by atoms with Crippen LogP contribution in [0.2, 0.25) is 0 Å². The van der Waals surface area contributed by atoms with E-state index in [-0.39, 0.29) is 25.0 Å². The van der Waals surface area contributed by atoms with Crippen molar-refractivity contribution >= 4 is 12.0 Å². The summed E-state index contributed by atoms with van der Waals surface area (Å²) in [7, 11) is 0. The van der Waals surface area contributed by atoms with Gasteiger partial charge in [0.25, 0.3) is 0 Å². The summed E-state index contributed by atoms with van der Waals surface area (Å²) in [5, 5.41) is 18.8. The van der Waals surface area contributed by atoms with E-state index in [1.165, 1.54) is 4.90 Å². The van der Waals surface area contributed by atoms with Gasteiger partial charge < -0.3 is 20.0 Å². The van der Waals surface area contributed by atoms with Gasteiger partial charge in [0.2, 0.25) is 0 Å². The summed E-state index contributed by atoms with van der Waals surface area (Å²) < 4.78 is 0. The van der Waals surface area contributed by atoms with Gasteiger partial charge in [-0.15, -0.1) is 0 Å². The summed E-state index contributed by atoms with van der Waals surface area (Å²) in [6.45, 7) is 7.86. The molecule has 0 aromatic heterocycles. The molecule has 0 saturated carbocycles. The Morgan fingerprint density at radius 1 is 1.37 bits per heavy atom. The molecule has 1 saturated heterocycles. The molecule has 0 aromatic carbocycles. The number of hydrogen-bond donors (Lipinski definition) is 2. The number of hydrogen-bond acceptors (Lipinski definition) is 3. The van der Waals surface area contributed by atoms with Crippen LogP contribution in [0.15, 0.2) is 0 Å². The lowest BCUT2D eigenvalue weighted by Gasteiger charge is -2.41. The minimum atomic E-state index is -1.03. The zero-order valence-electron chi connectivity index (χ0n) is 12.1. The van der Waals surface area contributed by atoms with Crippen molar-refractivity contribution in [2.45, 2.75) is 45.8 Å². The molecule has 0 radical (unpaired) electrons. The number of likely N-dealkylation sites (tertiary alicyclic amines) is 1. The highest BCUT2D eigenvalue weighted by atomic mass is 16.4. The van der Waals surface area contributed by atoms with E-state index in [4.69, 9.17) is 5.11 Å². The molecule has 0 aliphatic carbocycles. The van der Waals surface area contributed by atoms with E-state index in [2.05, 4.69) is 0 Å². The SMILES string of the molecule is CC1CCN(C(=O)N(CC(=O)O)C(C)(C)C)CC1O. The second-order valence-corrected chi connectivity index (χ2v) is 6.21. The Morgan fingerprint density at radius 2 is 1.95 bits per heavy atom. The number of β-amino-alcohol motifs (C(OH)–C–C–N with tert-alkyl or cyclic N) is 1. The highest BCUT2D eigenvalue weighted by Gasteiger charge is 2.35. The van der Waals surface area contributed by atoms with E-state index >= 15 is 0 Å². The quantitative estimate of drug-likeness (QED) is 0.785. The van der Waals surface area contributed by atoms with Crippen LogP contribution in [-0.2, 0) is 4.79 Å². The fraction of sp³-hybridized carbons (Fsp3) is 0.846. The van der Waals surface area contributed by atoms with Gasteiger partial charge in [-0.3, -0.25) is 4.79 Å². The number of amides is 2. The molecule has 2 N–H and O–H groups in total. The van der Waals surface area contributed by atoms with Gasteiger partial charge in [0, 0.05) is 18.6 Å². The molecule has 110 valence electrons. The minimum absolute atomic E-state index is 0.173. The van der Waals surface area contributed by atoms with E-state index in [9.17, 15) is 14.7 Å². The van der Waals surface area contributed by atoms with Crippen LogP contribution >= 0.6 is 0 Å². The van der Waals surface area contributed by atoms with Gasteiger partial charge in [-0.25, -0.2) is 4.79 Å². The summed E-state index contributed by atoms with van der Waals surface area (Å²) in [5.74, 6) is -0.860. The van der Waals surface area contributed by atoms with E-state index in [0.29, 0.717) is 6.54 Å². The second-order valence-electron chi connectivity index (χ2n) is 6.21. The van der Waals surface area contributed by atoms with Crippen molar-refractivity contribution < 1.29 is 19.8 Å². The van der Waals surface area contributed by atoms with Gasteiger partial charge in [-0.2, -0.15) is 0 Å². The fourth-order valence-electron chi connectivity index (χ4n) is 2.12. The molecule has 2 unspecified atom stereocenters. The molecule has 6 nitrogen and oxygen atoms in total. The van der Waals surface area contributed by atoms with Crippen LogP contribution in [0.4, 0.5) is 4.79 Å². The molecule has 0 spiro atoms. The number of urea groups is 1. The average molecular weight is 272 g/mol. The van der Waals surface area contributed by atoms with Crippen LogP contribution in [0.5, 0.6) is 0 Å². The third-order valence-electron chi connectivity index (χ3n) is 3.52. The summed E-state index contributed by atoms with van der Waals surface area (Å²) >= 11 is 0. The lowest BCUT2D eigenvalue weighted by atomic mass is 9.96. The van der Waals surface area contributed by atoms with Gasteiger partial charge in [0.15, 0.2) is 0 Å². The highest BCUT2D eigenvalue weighted by molar-refractivity contribution is 5.81. The molecule has 6 heteroatoms. The molecular weight excluding hydrogens is 248 g/mol. The lowest BCUT2D eigenvalue weighted by Crippen LogP contribution is -2.57. The number of carbonyl (C=O) groups is 2. The first-order valence-electron chi connectivity index (χ1n) is 6.59. The molecule has 1 fully saturated rings. The number of piperidine rings is 1. The van der Waals surface area contributed by atoms with Gasteiger partial charge in [-0.1, -0.05) is 6.92 Å². The van der Waals surface area contributed by atoms with Crippen LogP contribution < -0.4 is 0 Å². The molecule has 1 aliphatic heterocycles. The first-order chi connectivity index (χ1) is 8.62. The number of carboxylic acids is 1. The topological polar surface area (TPSA) is 81.1 Å². The van der Waals surface area contributed by atoms with Gasteiger partial charge in [-0.05, 0) is 33.1 Å². The number of carbonyl (C=O) groups excluding carboxylic acids is 1. The number of nitrogens with zero attached hydrogens (tertiary/aromatic N) is 2. The Morgan fingerprint density at radius 3 is 2.37 bits per heavy atom. The number of aliphatic hydroxyl groups is 1. The maximum Gasteiger partial charge on any atom is 0.323 e. The number of aliphatic hydroxyl groups excluding tert-OH is 1. The van der Waals surface area contributed by atoms with Crippen molar-refractivity contribution in [2.24, 2.45) is 5.92 Å². The minimum Gasteiger partial charge on any atom is -0.480 e. The summed E-state index contributed by atoms with van der Waals surface area (Å²) in [5.41, 5.74) is -0.566. The van der Waals surface area contributed by atoms with E-state index in [0.717, 1.165) is 6.42 Å². The molecule has 0 bridgehead atoms. The first kappa shape index (κ1) is 15.8. The fourth-order valence-corrected chi connectivity index (χ4v) is 2.12. The zero-order valence-corrected chi connectivity index (χ0v) is 12.1. The first-order valence-corrected chi connectivity index (χ1v) is 6.59. The average Bonchev–Trinajstić information content (AvgIpc) is 2.27. The van der Waals surface area contributed by atoms with Crippen molar-refractivity contribution in [1.82, 2.24) is 9.80 Å². The summed E-state index contributed by atoms with van der Waals surface area (Å²) in [6, 6.07) is -0.319. The Labute approximate surface area is 114 Å². The molecule has 19 heavy (non-hydrogen) atoms. The number of carboxylic acid groups (broad SMARTS) is 1. The van der Waals surface area contributed by atoms with Crippen molar-refractivity contribution in [3.05, 3.63) is 0 Å². The summed E-state index contributed by atoms with van der Waals surface area (Å²) in [6.07, 6.45) is 0.196. The van der Waals surface area contributed by atoms with Gasteiger partial charge in [0.1, 0.15) is 6.54 Å². The number of rotatable bonds is 2. The van der Waals surface area contributed by atoms with Crippen LogP contribution in [0.3, 0.4) is 0 Å². The van der Waals surface area contributed by atoms with Crippen molar-refractivity contribution in [2.75, 3.05) is 19.6 Å². The third-order valence-corrected chi connectivity index (χ3v) is 3.52. The van der Waals surface area contributed by atoms with Crippen molar-refractivity contribution in [3.8, 4) is 0 Å². The van der Waals surface area contributed by atoms with Crippen LogP contribution in [0.1, 0.15) is 34.1 Å². The van der Waals surface area contributed by atoms with E-state index < -0.39 is 17.6 Å². The smallest absolute Gasteiger partial charge is 0.323 e. The molecule has 1 aliphatic rings. The predicted octanol–water partition coefficient (Wildman–Crippen LogP) is 0.994. The maximum absolute atomic E-state index is 12.4. The van der Waals surface area contributed by atoms with Gasteiger partial charge >= 0.3 is 12.0 Å². The molecule has 1 heterocycles. The molecule has 2 atom stereocenters. The normalized spacial score (nSPS) is 24.2. The molecule has 0 aromatic rings. The monoisotopic (exact) mass is 272 g/mol. The lowest BCUT2D eigenvalue weighted by molar-refractivity contribution is -0.138. The van der Waals surface area contributed by atoms with E-state index in [1.54, 1.807) is 25.7 Å². The van der Waals surface area contributed by atoms with Crippen LogP contribution in [0.25, 0.3) is 0 Å². The molecule has 1 rings (SSSR count).